The third-order valence-electron chi connectivity index (χ3n) is 2.59. The van der Waals surface area contributed by atoms with Gasteiger partial charge in [0.05, 0.1) is 5.56 Å². The highest BCUT2D eigenvalue weighted by molar-refractivity contribution is 9.10. The van der Waals surface area contributed by atoms with Gasteiger partial charge in [0.25, 0.3) is 0 Å². The Kier molecular flexibility index (Phi) is 4.01. The average Bonchev–Trinajstić information content (AvgIpc) is 2.38. The van der Waals surface area contributed by atoms with Gasteiger partial charge in [-0.2, -0.15) is 5.26 Å². The first-order valence-corrected chi connectivity index (χ1v) is 6.37. The minimum atomic E-state index is 0.470. The van der Waals surface area contributed by atoms with Gasteiger partial charge in [-0.25, -0.2) is 0 Å². The van der Waals surface area contributed by atoms with Gasteiger partial charge >= 0.3 is 0 Å². The van der Waals surface area contributed by atoms with Crippen molar-refractivity contribution in [3.63, 3.8) is 0 Å². The van der Waals surface area contributed by atoms with Gasteiger partial charge < -0.3 is 4.74 Å². The molecule has 18 heavy (non-hydrogen) atoms. The van der Waals surface area contributed by atoms with Gasteiger partial charge in [-0.1, -0.05) is 46.3 Å². The van der Waals surface area contributed by atoms with Crippen molar-refractivity contribution in [2.24, 2.45) is 0 Å². The molecular weight excluding hydrogens is 290 g/mol. The number of nitriles is 1. The molecule has 0 heterocycles. The number of aryl methyl sites for hydroxylation is 1. The number of hydrogen-bond donors (Lipinski definition) is 0. The summed E-state index contributed by atoms with van der Waals surface area (Å²) in [5.41, 5.74) is 2.60. The fraction of sp³-hybridized carbons (Fsp3) is 0.133. The van der Waals surface area contributed by atoms with Crippen LogP contribution in [-0.4, -0.2) is 0 Å². The van der Waals surface area contributed by atoms with E-state index in [1.54, 1.807) is 6.07 Å². The van der Waals surface area contributed by atoms with E-state index in [1.807, 2.05) is 43.3 Å². The Bertz CT molecular complexity index is 587. The number of nitrogens with zero attached hydrogens (tertiary/aromatic N) is 1. The third kappa shape index (κ3) is 2.91. The van der Waals surface area contributed by atoms with Crippen LogP contribution in [-0.2, 0) is 6.61 Å². The lowest BCUT2D eigenvalue weighted by atomic mass is 10.1. The molecular formula is C15H12BrNO. The van der Waals surface area contributed by atoms with E-state index in [-0.39, 0.29) is 0 Å². The molecule has 0 bridgehead atoms. The molecule has 0 radical (unpaired) electrons. The van der Waals surface area contributed by atoms with E-state index in [1.165, 1.54) is 0 Å². The van der Waals surface area contributed by atoms with Crippen molar-refractivity contribution < 1.29 is 4.74 Å². The molecule has 0 aliphatic rings. The van der Waals surface area contributed by atoms with Crippen molar-refractivity contribution in [2.75, 3.05) is 0 Å². The summed E-state index contributed by atoms with van der Waals surface area (Å²) < 4.78 is 6.65. The Labute approximate surface area is 115 Å². The number of benzene rings is 2. The maximum absolute atomic E-state index is 9.11. The quantitative estimate of drug-likeness (QED) is 0.851. The van der Waals surface area contributed by atoms with E-state index in [2.05, 4.69) is 22.0 Å². The molecule has 2 nitrogen and oxygen atoms in total. The van der Waals surface area contributed by atoms with Crippen molar-refractivity contribution in [1.29, 1.82) is 5.26 Å². The Morgan fingerprint density at radius 2 is 1.94 bits per heavy atom. The standard InChI is InChI=1S/C15H12BrNO/c1-11-7-14(16)8-13(9-17)15(11)18-10-12-5-3-2-4-6-12/h2-8H,10H2,1H3. The fourth-order valence-electron chi connectivity index (χ4n) is 1.73. The predicted octanol–water partition coefficient (Wildman–Crippen LogP) is 4.21. The number of ether oxygens (including phenoxy) is 1. The molecule has 0 aromatic heterocycles. The third-order valence-corrected chi connectivity index (χ3v) is 3.04. The zero-order valence-corrected chi connectivity index (χ0v) is 11.6. The van der Waals surface area contributed by atoms with Crippen molar-refractivity contribution in [3.05, 3.63) is 63.6 Å². The van der Waals surface area contributed by atoms with Crippen LogP contribution in [0.5, 0.6) is 5.75 Å². The molecule has 0 spiro atoms. The van der Waals surface area contributed by atoms with E-state index in [4.69, 9.17) is 10.00 Å². The largest absolute Gasteiger partial charge is 0.487 e. The van der Waals surface area contributed by atoms with Crippen molar-refractivity contribution in [2.45, 2.75) is 13.5 Å². The van der Waals surface area contributed by atoms with Crippen LogP contribution in [0.1, 0.15) is 16.7 Å². The maximum atomic E-state index is 9.11. The summed E-state index contributed by atoms with van der Waals surface area (Å²) in [6.07, 6.45) is 0. The highest BCUT2D eigenvalue weighted by atomic mass is 79.9. The van der Waals surface area contributed by atoms with E-state index >= 15 is 0 Å². The molecule has 0 amide bonds. The SMILES string of the molecule is Cc1cc(Br)cc(C#N)c1OCc1ccccc1. The first kappa shape index (κ1) is 12.7. The van der Waals surface area contributed by atoms with Gasteiger partial charge in [-0.05, 0) is 30.2 Å². The summed E-state index contributed by atoms with van der Waals surface area (Å²) in [7, 11) is 0. The second kappa shape index (κ2) is 5.70. The average molecular weight is 302 g/mol. The van der Waals surface area contributed by atoms with Gasteiger partial charge in [-0.3, -0.25) is 0 Å². The molecule has 0 saturated carbocycles. The summed E-state index contributed by atoms with van der Waals surface area (Å²) in [6.45, 7) is 2.41. The van der Waals surface area contributed by atoms with E-state index in [9.17, 15) is 0 Å². The van der Waals surface area contributed by atoms with Crippen LogP contribution in [0.3, 0.4) is 0 Å². The molecule has 2 aromatic carbocycles. The van der Waals surface area contributed by atoms with Crippen LogP contribution in [0.25, 0.3) is 0 Å². The van der Waals surface area contributed by atoms with Gasteiger partial charge in [-0.15, -0.1) is 0 Å². The van der Waals surface area contributed by atoms with Crippen LogP contribution < -0.4 is 4.74 Å². The summed E-state index contributed by atoms with van der Waals surface area (Å²) >= 11 is 3.38. The molecule has 3 heteroatoms. The fourth-order valence-corrected chi connectivity index (χ4v) is 2.31. The molecule has 2 aromatic rings. The molecule has 90 valence electrons. The lowest BCUT2D eigenvalue weighted by Gasteiger charge is -2.11. The van der Waals surface area contributed by atoms with Crippen LogP contribution in [0, 0.1) is 18.3 Å². The van der Waals surface area contributed by atoms with Gasteiger partial charge in [0.2, 0.25) is 0 Å². The maximum Gasteiger partial charge on any atom is 0.140 e. The molecule has 0 aliphatic carbocycles. The van der Waals surface area contributed by atoms with Crippen molar-refractivity contribution in [3.8, 4) is 11.8 Å². The summed E-state index contributed by atoms with van der Waals surface area (Å²) in [4.78, 5) is 0. The zero-order valence-electron chi connectivity index (χ0n) is 9.98. The molecule has 0 fully saturated rings. The topological polar surface area (TPSA) is 33.0 Å². The highest BCUT2D eigenvalue weighted by Gasteiger charge is 2.08. The highest BCUT2D eigenvalue weighted by Crippen LogP contribution is 2.28. The van der Waals surface area contributed by atoms with Crippen LogP contribution in [0.4, 0.5) is 0 Å². The van der Waals surface area contributed by atoms with Crippen molar-refractivity contribution in [1.82, 2.24) is 0 Å². The Morgan fingerprint density at radius 1 is 1.22 bits per heavy atom. The van der Waals surface area contributed by atoms with Gasteiger partial charge in [0.15, 0.2) is 0 Å². The Hall–Kier alpha value is -1.79. The first-order valence-electron chi connectivity index (χ1n) is 5.57. The Balaban J connectivity index is 2.22. The van der Waals surface area contributed by atoms with Crippen molar-refractivity contribution >= 4 is 15.9 Å². The summed E-state index contributed by atoms with van der Waals surface area (Å²) in [6, 6.07) is 15.8. The van der Waals surface area contributed by atoms with Crippen LogP contribution >= 0.6 is 15.9 Å². The first-order chi connectivity index (χ1) is 8.70. The molecule has 0 N–H and O–H groups in total. The molecule has 0 aliphatic heterocycles. The monoisotopic (exact) mass is 301 g/mol. The summed E-state index contributed by atoms with van der Waals surface area (Å²) in [5.74, 6) is 0.657. The molecule has 2 rings (SSSR count). The minimum absolute atomic E-state index is 0.470. The molecule has 0 atom stereocenters. The van der Waals surface area contributed by atoms with E-state index in [0.29, 0.717) is 17.9 Å². The lowest BCUT2D eigenvalue weighted by molar-refractivity contribution is 0.303. The number of hydrogen-bond acceptors (Lipinski definition) is 2. The van der Waals surface area contributed by atoms with Gasteiger partial charge in [0.1, 0.15) is 18.4 Å². The summed E-state index contributed by atoms with van der Waals surface area (Å²) in [5, 5.41) is 9.11. The zero-order chi connectivity index (χ0) is 13.0. The number of rotatable bonds is 3. The lowest BCUT2D eigenvalue weighted by Crippen LogP contribution is -1.99. The predicted molar refractivity (Wildman–Crippen MR) is 74.4 cm³/mol. The second-order valence-corrected chi connectivity index (χ2v) is 4.90. The normalized spacial score (nSPS) is 9.83. The van der Waals surface area contributed by atoms with Crippen LogP contribution in [0.15, 0.2) is 46.9 Å². The van der Waals surface area contributed by atoms with Gasteiger partial charge in [0, 0.05) is 4.47 Å². The smallest absolute Gasteiger partial charge is 0.140 e. The minimum Gasteiger partial charge on any atom is -0.487 e. The molecule has 0 saturated heterocycles. The Morgan fingerprint density at radius 3 is 2.61 bits per heavy atom. The van der Waals surface area contributed by atoms with E-state index in [0.717, 1.165) is 15.6 Å². The second-order valence-electron chi connectivity index (χ2n) is 3.99. The molecule has 0 unspecified atom stereocenters. The van der Waals surface area contributed by atoms with E-state index < -0.39 is 0 Å². The van der Waals surface area contributed by atoms with Crippen LogP contribution in [0.2, 0.25) is 0 Å². The number of halogens is 1.